The van der Waals surface area contributed by atoms with Crippen LogP contribution in [0.3, 0.4) is 0 Å². The van der Waals surface area contributed by atoms with Gasteiger partial charge >= 0.3 is 0 Å². The quantitative estimate of drug-likeness (QED) is 0.733. The van der Waals surface area contributed by atoms with Gasteiger partial charge in [-0.1, -0.05) is 42.0 Å². The zero-order valence-electron chi connectivity index (χ0n) is 13.2. The zero-order valence-corrected chi connectivity index (χ0v) is 14.0. The second-order valence-electron chi connectivity index (χ2n) is 6.14. The van der Waals surface area contributed by atoms with Crippen molar-refractivity contribution < 1.29 is 8.95 Å². The molecular formula is C17H26O2S. The number of ether oxygens (including phenoxy) is 1. The standard InChI is InChI=1S/C17H26O2S/c1-14(2)11-12-19-16(13-20(18)17(3,4)5)15-9-7-6-8-10-15/h6-11,16H,12-13H2,1-5H3/t16-,20-/m0/s1. The Morgan fingerprint density at radius 3 is 2.35 bits per heavy atom. The first kappa shape index (κ1) is 17.1. The van der Waals surface area contributed by atoms with Gasteiger partial charge in [0, 0.05) is 15.5 Å². The SMILES string of the molecule is CC(C)=CCO[C@@H](C[S@](=O)C(C)(C)C)c1ccccc1. The van der Waals surface area contributed by atoms with E-state index in [0.717, 1.165) is 5.56 Å². The van der Waals surface area contributed by atoms with Crippen LogP contribution in [0.5, 0.6) is 0 Å². The third-order valence-corrected chi connectivity index (χ3v) is 4.92. The summed E-state index contributed by atoms with van der Waals surface area (Å²) >= 11 is 0. The Kier molecular flexibility index (Phi) is 6.63. The van der Waals surface area contributed by atoms with E-state index in [4.69, 9.17) is 4.74 Å². The monoisotopic (exact) mass is 294 g/mol. The minimum atomic E-state index is -0.928. The molecule has 20 heavy (non-hydrogen) atoms. The van der Waals surface area contributed by atoms with Gasteiger partial charge in [-0.15, -0.1) is 0 Å². The second-order valence-corrected chi connectivity index (χ2v) is 8.39. The van der Waals surface area contributed by atoms with Crippen molar-refractivity contribution in [1.82, 2.24) is 0 Å². The maximum Gasteiger partial charge on any atom is 0.0944 e. The van der Waals surface area contributed by atoms with E-state index in [1.54, 1.807) is 0 Å². The predicted octanol–water partition coefficient (Wildman–Crippen LogP) is 4.26. The third kappa shape index (κ3) is 6.02. The Morgan fingerprint density at radius 2 is 1.85 bits per heavy atom. The average molecular weight is 294 g/mol. The van der Waals surface area contributed by atoms with E-state index in [1.807, 2.05) is 65.0 Å². The summed E-state index contributed by atoms with van der Waals surface area (Å²) in [5.74, 6) is 0.532. The fourth-order valence-corrected chi connectivity index (χ4v) is 2.69. The van der Waals surface area contributed by atoms with Gasteiger partial charge in [0.1, 0.15) is 0 Å². The molecule has 2 atom stereocenters. The molecule has 0 bridgehead atoms. The van der Waals surface area contributed by atoms with Gasteiger partial charge in [-0.2, -0.15) is 0 Å². The summed E-state index contributed by atoms with van der Waals surface area (Å²) in [6.45, 7) is 10.7. The predicted molar refractivity (Wildman–Crippen MR) is 87.3 cm³/mol. The van der Waals surface area contributed by atoms with Crippen molar-refractivity contribution in [3.8, 4) is 0 Å². The molecule has 0 aliphatic carbocycles. The van der Waals surface area contributed by atoms with Crippen LogP contribution in [-0.4, -0.2) is 21.3 Å². The van der Waals surface area contributed by atoms with Gasteiger partial charge in [0.05, 0.1) is 18.5 Å². The van der Waals surface area contributed by atoms with Crippen LogP contribution in [0.15, 0.2) is 42.0 Å². The summed E-state index contributed by atoms with van der Waals surface area (Å²) < 4.78 is 18.1. The Labute approximate surface area is 125 Å². The molecule has 0 fully saturated rings. The van der Waals surface area contributed by atoms with Crippen LogP contribution >= 0.6 is 0 Å². The second kappa shape index (κ2) is 7.75. The van der Waals surface area contributed by atoms with Crippen LogP contribution in [-0.2, 0) is 15.5 Å². The van der Waals surface area contributed by atoms with Gasteiger partial charge < -0.3 is 4.74 Å². The number of allylic oxidation sites excluding steroid dienone is 1. The maximum absolute atomic E-state index is 12.4. The van der Waals surface area contributed by atoms with E-state index in [0.29, 0.717) is 12.4 Å². The Balaban J connectivity index is 2.80. The van der Waals surface area contributed by atoms with E-state index < -0.39 is 10.8 Å². The molecule has 1 aromatic rings. The highest BCUT2D eigenvalue weighted by molar-refractivity contribution is 7.86. The topological polar surface area (TPSA) is 26.3 Å². The Morgan fingerprint density at radius 1 is 1.25 bits per heavy atom. The summed E-state index contributed by atoms with van der Waals surface area (Å²) in [5.41, 5.74) is 2.32. The molecular weight excluding hydrogens is 268 g/mol. The molecule has 0 saturated heterocycles. The van der Waals surface area contributed by atoms with Crippen LogP contribution in [0.25, 0.3) is 0 Å². The van der Waals surface area contributed by atoms with Crippen molar-refractivity contribution in [1.29, 1.82) is 0 Å². The fraction of sp³-hybridized carbons (Fsp3) is 0.529. The lowest BCUT2D eigenvalue weighted by atomic mass is 10.1. The summed E-state index contributed by atoms with van der Waals surface area (Å²) in [4.78, 5) is 0. The Hall–Kier alpha value is -0.930. The minimum absolute atomic E-state index is 0.119. The van der Waals surface area contributed by atoms with Crippen LogP contribution in [0.4, 0.5) is 0 Å². The van der Waals surface area contributed by atoms with Crippen LogP contribution in [0.1, 0.15) is 46.3 Å². The van der Waals surface area contributed by atoms with E-state index in [9.17, 15) is 4.21 Å². The molecule has 2 nitrogen and oxygen atoms in total. The van der Waals surface area contributed by atoms with Crippen LogP contribution in [0.2, 0.25) is 0 Å². The van der Waals surface area contributed by atoms with Crippen molar-refractivity contribution in [2.75, 3.05) is 12.4 Å². The zero-order chi connectivity index (χ0) is 15.2. The summed E-state index contributed by atoms with van der Waals surface area (Å²) in [5, 5.41) is 0. The number of hydrogen-bond acceptors (Lipinski definition) is 2. The lowest BCUT2D eigenvalue weighted by Crippen LogP contribution is -2.27. The highest BCUT2D eigenvalue weighted by atomic mass is 32.2. The first-order valence-corrected chi connectivity index (χ1v) is 8.31. The molecule has 1 rings (SSSR count). The molecule has 0 aliphatic heterocycles. The van der Waals surface area contributed by atoms with E-state index in [2.05, 4.69) is 6.08 Å². The van der Waals surface area contributed by atoms with Crippen molar-refractivity contribution in [3.63, 3.8) is 0 Å². The average Bonchev–Trinajstić information content (AvgIpc) is 2.37. The molecule has 0 unspecified atom stereocenters. The summed E-state index contributed by atoms with van der Waals surface area (Å²) in [6, 6.07) is 10.0. The van der Waals surface area contributed by atoms with Gasteiger partial charge in [0.2, 0.25) is 0 Å². The summed E-state index contributed by atoms with van der Waals surface area (Å²) in [6.07, 6.45) is 1.93. The molecule has 112 valence electrons. The number of hydrogen-bond donors (Lipinski definition) is 0. The van der Waals surface area contributed by atoms with E-state index >= 15 is 0 Å². The molecule has 0 spiro atoms. The van der Waals surface area contributed by atoms with Crippen molar-refractivity contribution in [2.45, 2.75) is 45.5 Å². The minimum Gasteiger partial charge on any atom is -0.369 e. The smallest absolute Gasteiger partial charge is 0.0944 e. The van der Waals surface area contributed by atoms with Gasteiger partial charge in [-0.05, 0) is 40.2 Å². The van der Waals surface area contributed by atoms with Crippen molar-refractivity contribution in [3.05, 3.63) is 47.5 Å². The number of benzene rings is 1. The van der Waals surface area contributed by atoms with E-state index in [1.165, 1.54) is 5.57 Å². The van der Waals surface area contributed by atoms with Gasteiger partial charge in [-0.3, -0.25) is 4.21 Å². The molecule has 0 heterocycles. The lowest BCUT2D eigenvalue weighted by Gasteiger charge is -2.23. The van der Waals surface area contributed by atoms with Gasteiger partial charge in [-0.25, -0.2) is 0 Å². The highest BCUT2D eigenvalue weighted by Crippen LogP contribution is 2.23. The lowest BCUT2D eigenvalue weighted by molar-refractivity contribution is 0.0909. The van der Waals surface area contributed by atoms with Crippen LogP contribution in [0, 0.1) is 0 Å². The van der Waals surface area contributed by atoms with Gasteiger partial charge in [0.15, 0.2) is 0 Å². The van der Waals surface area contributed by atoms with Crippen LogP contribution < -0.4 is 0 Å². The highest BCUT2D eigenvalue weighted by Gasteiger charge is 2.24. The Bertz CT molecular complexity index is 454. The maximum atomic E-state index is 12.4. The molecule has 0 aliphatic rings. The molecule has 0 saturated carbocycles. The summed E-state index contributed by atoms with van der Waals surface area (Å²) in [7, 11) is -0.928. The molecule has 0 amide bonds. The van der Waals surface area contributed by atoms with Gasteiger partial charge in [0.25, 0.3) is 0 Å². The van der Waals surface area contributed by atoms with Crippen molar-refractivity contribution in [2.24, 2.45) is 0 Å². The fourth-order valence-electron chi connectivity index (χ4n) is 1.63. The molecule has 3 heteroatoms. The number of rotatable bonds is 6. The first-order chi connectivity index (χ1) is 9.30. The molecule has 1 aromatic carbocycles. The molecule has 0 aromatic heterocycles. The molecule has 0 radical (unpaired) electrons. The molecule has 0 N–H and O–H groups in total. The third-order valence-electron chi connectivity index (χ3n) is 2.95. The largest absolute Gasteiger partial charge is 0.369 e. The van der Waals surface area contributed by atoms with E-state index in [-0.39, 0.29) is 10.9 Å². The first-order valence-electron chi connectivity index (χ1n) is 6.99. The normalized spacial score (nSPS) is 14.7. The van der Waals surface area contributed by atoms with Crippen molar-refractivity contribution >= 4 is 10.8 Å².